The number of aryl methyl sites for hydroxylation is 1. The fourth-order valence-electron chi connectivity index (χ4n) is 7.89. The third-order valence-electron chi connectivity index (χ3n) is 12.2. The maximum absolute atomic E-state index is 14.1. The average molecular weight is 1040 g/mol. The molecule has 0 bridgehead atoms. The van der Waals surface area contributed by atoms with Crippen molar-refractivity contribution in [1.82, 2.24) is 29.3 Å². The van der Waals surface area contributed by atoms with Crippen LogP contribution < -0.4 is 25.8 Å². The third-order valence-corrected chi connectivity index (χ3v) is 12.3. The van der Waals surface area contributed by atoms with Crippen molar-refractivity contribution in [3.05, 3.63) is 144 Å². The largest absolute Gasteiger partial charge is 0.457 e. The Morgan fingerprint density at radius 2 is 1.21 bits per heavy atom. The molecular formula is C58H70F2N10O4S. The number of thiocarbonyl (C=S) groups is 1. The molecule has 0 aliphatic carbocycles. The van der Waals surface area contributed by atoms with E-state index >= 15 is 0 Å². The Labute approximate surface area is 445 Å². The first kappa shape index (κ1) is 58.5. The lowest BCUT2D eigenvalue weighted by Crippen LogP contribution is -2.30. The maximum atomic E-state index is 14.1. The van der Waals surface area contributed by atoms with E-state index in [0.717, 1.165) is 48.6 Å². The number of hydrogen-bond donors (Lipinski definition) is 3. The molecule has 7 rings (SSSR count). The first-order valence-electron chi connectivity index (χ1n) is 25.2. The smallest absolute Gasteiger partial charge is 0.208 e. The Morgan fingerprint density at radius 3 is 1.72 bits per heavy atom. The number of rotatable bonds is 22. The lowest BCUT2D eigenvalue weighted by atomic mass is 10.0. The van der Waals surface area contributed by atoms with Gasteiger partial charge in [0.2, 0.25) is 5.95 Å². The highest BCUT2D eigenvalue weighted by atomic mass is 32.1. The molecule has 75 heavy (non-hydrogen) atoms. The number of imidazole rings is 1. The number of isothiocyanates is 1. The molecule has 3 heterocycles. The van der Waals surface area contributed by atoms with Crippen LogP contribution in [0.5, 0.6) is 23.0 Å². The number of pyridine rings is 2. The van der Waals surface area contributed by atoms with Gasteiger partial charge in [-0.2, -0.15) is 4.99 Å². The van der Waals surface area contributed by atoms with Crippen molar-refractivity contribution in [3.63, 3.8) is 0 Å². The van der Waals surface area contributed by atoms with Gasteiger partial charge in [0.15, 0.2) is 11.6 Å². The fraction of sp³-hybridized carbons (Fsp3) is 0.345. The minimum absolute atomic E-state index is 0.0797. The number of fused-ring (bicyclic) bond motifs is 1. The summed E-state index contributed by atoms with van der Waals surface area (Å²) in [5.74, 6) is 3.27. The number of Topliss-reactive ketones (excluding diaryl/α,β-unsaturated/α-hetero) is 2. The lowest BCUT2D eigenvalue weighted by Gasteiger charge is -2.16. The summed E-state index contributed by atoms with van der Waals surface area (Å²) in [7, 11) is 3.74. The zero-order chi connectivity index (χ0) is 54.6. The molecule has 7 aromatic rings. The lowest BCUT2D eigenvalue weighted by molar-refractivity contribution is -0.120. The van der Waals surface area contributed by atoms with Crippen LogP contribution in [0.3, 0.4) is 0 Å². The molecule has 0 saturated carbocycles. The molecule has 4 aromatic carbocycles. The molecule has 0 aliphatic rings. The molecule has 0 unspecified atom stereocenters. The molecule has 0 radical (unpaired) electrons. The highest BCUT2D eigenvalue weighted by Gasteiger charge is 2.15. The third kappa shape index (κ3) is 17.6. The molecule has 0 aliphatic heterocycles. The molecule has 0 atom stereocenters. The summed E-state index contributed by atoms with van der Waals surface area (Å²) in [5, 5.41) is 8.57. The summed E-state index contributed by atoms with van der Waals surface area (Å²) in [6, 6.07) is 28.0. The molecular weight excluding hydrogens is 971 g/mol. The van der Waals surface area contributed by atoms with Crippen LogP contribution in [0.15, 0.2) is 114 Å². The number of benzene rings is 4. The predicted octanol–water partition coefficient (Wildman–Crippen LogP) is 12.9. The number of ether oxygens (including phenoxy) is 2. The summed E-state index contributed by atoms with van der Waals surface area (Å²) in [5.41, 5.74) is 13.2. The number of aliphatic imine (C=N–C) groups is 1. The SMILES string of the molecule is CC(C)c1cc(N=C=S)ccc1F.CCN(CC)CC(=O)Cc1cc(Oc2ccc(NC)c(N)c2)ccn1.CCN(CC)CC(=O)Cc1cc(Oc2ccc3c(c2)nc(Nc2ccc(F)c(C(C)C)c2)n3C)ccn1. The number of anilines is 4. The zero-order valence-corrected chi connectivity index (χ0v) is 45.5. The van der Waals surface area contributed by atoms with Crippen LogP contribution in [-0.4, -0.2) is 92.4 Å². The number of aromatic nitrogens is 4. The second-order valence-corrected chi connectivity index (χ2v) is 18.4. The minimum atomic E-state index is -0.208. The van der Waals surface area contributed by atoms with E-state index in [1.807, 2.05) is 96.6 Å². The van der Waals surface area contributed by atoms with Crippen molar-refractivity contribution in [3.8, 4) is 23.0 Å². The summed E-state index contributed by atoms with van der Waals surface area (Å²) < 4.78 is 41.1. The Hall–Kier alpha value is -7.43. The van der Waals surface area contributed by atoms with Crippen molar-refractivity contribution >= 4 is 68.7 Å². The number of nitrogen functional groups attached to an aromatic ring is 1. The molecule has 0 fully saturated rings. The van der Waals surface area contributed by atoms with Crippen LogP contribution in [0.1, 0.15) is 89.7 Å². The van der Waals surface area contributed by atoms with Crippen LogP contribution >= 0.6 is 12.2 Å². The second-order valence-electron chi connectivity index (χ2n) is 18.2. The Bertz CT molecular complexity index is 3060. The van der Waals surface area contributed by atoms with E-state index in [1.165, 1.54) is 12.1 Å². The van der Waals surface area contributed by atoms with Crippen LogP contribution in [-0.2, 0) is 29.5 Å². The number of carbonyl (C=O) groups is 2. The van der Waals surface area contributed by atoms with Gasteiger partial charge in [-0.1, -0.05) is 55.4 Å². The van der Waals surface area contributed by atoms with Crippen LogP contribution in [0.2, 0.25) is 0 Å². The molecule has 4 N–H and O–H groups in total. The summed E-state index contributed by atoms with van der Waals surface area (Å²) in [6.07, 6.45) is 3.88. The van der Waals surface area contributed by atoms with E-state index in [0.29, 0.717) is 82.3 Å². The normalized spacial score (nSPS) is 10.9. The van der Waals surface area contributed by atoms with Gasteiger partial charge >= 0.3 is 0 Å². The Morgan fingerprint density at radius 1 is 0.707 bits per heavy atom. The zero-order valence-electron chi connectivity index (χ0n) is 44.7. The number of likely N-dealkylation sites (N-methyl/N-ethyl adjacent to an activating group) is 2. The molecule has 14 nitrogen and oxygen atoms in total. The number of ketones is 2. The van der Waals surface area contributed by atoms with Gasteiger partial charge in [0.05, 0.1) is 70.6 Å². The van der Waals surface area contributed by atoms with Crippen LogP contribution in [0.4, 0.5) is 37.5 Å². The van der Waals surface area contributed by atoms with Gasteiger partial charge in [0.1, 0.15) is 34.6 Å². The maximum Gasteiger partial charge on any atom is 0.208 e. The second kappa shape index (κ2) is 28.9. The van der Waals surface area contributed by atoms with Gasteiger partial charge in [-0.05, 0) is 134 Å². The van der Waals surface area contributed by atoms with Gasteiger partial charge < -0.3 is 30.4 Å². The number of nitrogens with one attached hydrogen (secondary N) is 2. The number of nitrogens with zero attached hydrogens (tertiary/aromatic N) is 7. The summed E-state index contributed by atoms with van der Waals surface area (Å²) >= 11 is 4.47. The van der Waals surface area contributed by atoms with Gasteiger partial charge in [0, 0.05) is 56.4 Å². The van der Waals surface area contributed by atoms with Gasteiger partial charge in [-0.15, -0.1) is 0 Å². The number of hydrogen-bond acceptors (Lipinski definition) is 14. The first-order chi connectivity index (χ1) is 36.0. The molecule has 3 aromatic heterocycles. The van der Waals surface area contributed by atoms with Crippen molar-refractivity contribution < 1.29 is 27.8 Å². The summed E-state index contributed by atoms with van der Waals surface area (Å²) in [6.45, 7) is 20.3. The van der Waals surface area contributed by atoms with Gasteiger partial charge in [-0.25, -0.2) is 13.8 Å². The fourth-order valence-corrected chi connectivity index (χ4v) is 7.99. The Balaban J connectivity index is 0.000000235. The van der Waals surface area contributed by atoms with Crippen molar-refractivity contribution in [1.29, 1.82) is 0 Å². The van der Waals surface area contributed by atoms with E-state index < -0.39 is 0 Å². The minimum Gasteiger partial charge on any atom is -0.457 e. The van der Waals surface area contributed by atoms with E-state index in [1.54, 1.807) is 60.9 Å². The van der Waals surface area contributed by atoms with Crippen LogP contribution in [0.25, 0.3) is 11.0 Å². The van der Waals surface area contributed by atoms with Crippen molar-refractivity contribution in [2.24, 2.45) is 12.0 Å². The molecule has 0 amide bonds. The van der Waals surface area contributed by atoms with E-state index in [2.05, 4.69) is 66.6 Å². The van der Waals surface area contributed by atoms with Crippen molar-refractivity contribution in [2.45, 2.75) is 80.1 Å². The molecule has 17 heteroatoms. The molecule has 396 valence electrons. The van der Waals surface area contributed by atoms with E-state index in [4.69, 9.17) is 20.2 Å². The first-order valence-corrected chi connectivity index (χ1v) is 25.6. The highest BCUT2D eigenvalue weighted by Crippen LogP contribution is 2.31. The van der Waals surface area contributed by atoms with Gasteiger partial charge in [0.25, 0.3) is 0 Å². The van der Waals surface area contributed by atoms with Crippen LogP contribution in [0, 0.1) is 11.6 Å². The highest BCUT2D eigenvalue weighted by molar-refractivity contribution is 7.78. The predicted molar refractivity (Wildman–Crippen MR) is 302 cm³/mol. The molecule has 0 saturated heterocycles. The number of halogens is 2. The monoisotopic (exact) mass is 1040 g/mol. The standard InChI is InChI=1S/C29H34FN5O2.C19H26N4O2.C10H10FNS/c1-6-35(7-2)18-22(36)14-21-15-24(12-13-31-21)37-23-9-11-28-27(17-23)33-29(34(28)5)32-20-8-10-26(30)25(16-20)19(3)4;1-4-23(5-2)13-15(24)10-14-11-17(8-9-22-14)25-16-6-7-19(21-3)18(20)12-16;1-7(2)9-5-8(12-6-13)3-4-10(9)11/h8-13,15-17,19H,6-7,14,18H2,1-5H3,(H,32,33);6-9,11-12,21H,4-5,10,13,20H2,1-3H3;3-5,7H,1-2H3. The number of nitrogens with two attached hydrogens (primary N) is 1. The van der Waals surface area contributed by atoms with Crippen molar-refractivity contribution in [2.75, 3.05) is 62.7 Å². The average Bonchev–Trinajstić information content (AvgIpc) is 3.69. The quantitative estimate of drug-likeness (QED) is 0.0334. The topological polar surface area (TPSA) is 165 Å². The molecule has 0 spiro atoms. The van der Waals surface area contributed by atoms with E-state index in [9.17, 15) is 18.4 Å². The Kier molecular flexibility index (Phi) is 22.5. The van der Waals surface area contributed by atoms with Gasteiger partial charge in [-0.3, -0.25) is 29.4 Å². The number of carbonyl (C=O) groups excluding carboxylic acids is 2. The summed E-state index contributed by atoms with van der Waals surface area (Å²) in [4.78, 5) is 45.9. The van der Waals surface area contributed by atoms with E-state index in [-0.39, 0.29) is 41.5 Å².